The Morgan fingerprint density at radius 3 is 1.52 bits per heavy atom. The first kappa shape index (κ1) is 47.2. The second-order valence-corrected chi connectivity index (χ2v) is 16.1. The van der Waals surface area contributed by atoms with Gasteiger partial charge in [0.05, 0.1) is 6.08 Å². The molecule has 0 bridgehead atoms. The Balaban J connectivity index is 1.64. The Hall–Kier alpha value is -2.92. The predicted molar refractivity (Wildman–Crippen MR) is 240 cm³/mol. The van der Waals surface area contributed by atoms with E-state index in [0.29, 0.717) is 0 Å². The van der Waals surface area contributed by atoms with Crippen LogP contribution in [0.3, 0.4) is 0 Å². The number of hydrogen-bond donors (Lipinski definition) is 0. The summed E-state index contributed by atoms with van der Waals surface area (Å²) in [5.74, 6) is 2.74. The first-order valence-corrected chi connectivity index (χ1v) is 23.2. The molecule has 2 rings (SSSR count). The fourth-order valence-electron chi connectivity index (χ4n) is 7.80. The summed E-state index contributed by atoms with van der Waals surface area (Å²) in [4.78, 5) is 3.22. The smallest absolute Gasteiger partial charge is 0.299 e. The van der Waals surface area contributed by atoms with Crippen molar-refractivity contribution in [2.45, 2.75) is 220 Å². The molecule has 54 heavy (non-hydrogen) atoms. The summed E-state index contributed by atoms with van der Waals surface area (Å²) in [5.41, 5.74) is 17.0. The van der Waals surface area contributed by atoms with Crippen molar-refractivity contribution in [2.24, 2.45) is 0 Å². The van der Waals surface area contributed by atoms with Crippen LogP contribution < -0.4 is 0 Å². The van der Waals surface area contributed by atoms with E-state index in [0.717, 1.165) is 38.5 Å². The molecule has 0 atom stereocenters. The Morgan fingerprint density at radius 1 is 0.519 bits per heavy atom. The molecule has 0 heterocycles. The molecule has 0 saturated heterocycles. The van der Waals surface area contributed by atoms with Crippen molar-refractivity contribution in [3.8, 4) is 0 Å². The van der Waals surface area contributed by atoms with Crippen molar-refractivity contribution < 1.29 is 4.79 Å². The summed E-state index contributed by atoms with van der Waals surface area (Å²) in [5, 5.41) is 0. The highest BCUT2D eigenvalue weighted by molar-refractivity contribution is 5.86. The van der Waals surface area contributed by atoms with E-state index >= 15 is 0 Å². The third-order valence-corrected chi connectivity index (χ3v) is 11.2. The van der Waals surface area contributed by atoms with Gasteiger partial charge < -0.3 is 5.53 Å². The van der Waals surface area contributed by atoms with Gasteiger partial charge in [0.25, 0.3) is 5.87 Å². The van der Waals surface area contributed by atoms with Crippen LogP contribution in [0.1, 0.15) is 229 Å². The zero-order valence-corrected chi connectivity index (χ0v) is 35.7. The Labute approximate surface area is 335 Å². The summed E-state index contributed by atoms with van der Waals surface area (Å²) < 4.78 is 0. The minimum absolute atomic E-state index is 0.930. The summed E-state index contributed by atoms with van der Waals surface area (Å²) in [6, 6.07) is 18.1. The fourth-order valence-corrected chi connectivity index (χ4v) is 7.80. The van der Waals surface area contributed by atoms with Crippen LogP contribution in [-0.4, -0.2) is 10.7 Å². The minimum atomic E-state index is 0.930. The summed E-state index contributed by atoms with van der Waals surface area (Å²) >= 11 is 0. The number of nitrogens with zero attached hydrogens (tertiary/aromatic N) is 2. The van der Waals surface area contributed by atoms with Gasteiger partial charge >= 0.3 is 0 Å². The number of allylic oxidation sites excluding steroid dienone is 4. The molecule has 0 radical (unpaired) electrons. The van der Waals surface area contributed by atoms with E-state index in [4.69, 9.17) is 0 Å². The normalized spacial score (nSPS) is 11.8. The number of unbranched alkanes of at least 4 members (excludes halogenated alkanes) is 24. The van der Waals surface area contributed by atoms with Crippen LogP contribution in [0.4, 0.5) is 0 Å². The maximum Gasteiger partial charge on any atom is 0.299 e. The Kier molecular flexibility index (Phi) is 30.2. The molecule has 0 unspecified atom stereocenters. The van der Waals surface area contributed by atoms with Gasteiger partial charge in [-0.05, 0) is 84.8 Å². The quantitative estimate of drug-likeness (QED) is 0.0169. The zero-order chi connectivity index (χ0) is 38.6. The molecule has 2 nitrogen and oxygen atoms in total. The lowest BCUT2D eigenvalue weighted by Gasteiger charge is -2.17. The molecule has 0 fully saturated rings. The molecule has 0 spiro atoms. The van der Waals surface area contributed by atoms with E-state index in [1.807, 2.05) is 6.08 Å². The van der Waals surface area contributed by atoms with Crippen molar-refractivity contribution in [3.05, 3.63) is 100 Å². The van der Waals surface area contributed by atoms with Crippen LogP contribution in [0.15, 0.2) is 72.3 Å². The van der Waals surface area contributed by atoms with Crippen LogP contribution in [0.5, 0.6) is 0 Å². The van der Waals surface area contributed by atoms with Crippen LogP contribution in [0.25, 0.3) is 11.1 Å². The molecule has 0 aliphatic rings. The number of benzene rings is 2. The minimum Gasteiger partial charge on any atom is -0.348 e. The van der Waals surface area contributed by atoms with Gasteiger partial charge in [0.15, 0.2) is 0 Å². The van der Waals surface area contributed by atoms with Crippen molar-refractivity contribution in [2.75, 3.05) is 0 Å². The topological polar surface area (TPSA) is 36.4 Å². The van der Waals surface area contributed by atoms with Crippen molar-refractivity contribution in [1.82, 2.24) is 0 Å². The maximum atomic E-state index is 9.25. The number of hydrogen-bond acceptors (Lipinski definition) is 0. The molecular formula is C52H82N2. The molecule has 0 aliphatic heterocycles. The van der Waals surface area contributed by atoms with Crippen LogP contribution >= 0.6 is 0 Å². The molecule has 0 aliphatic carbocycles. The second kappa shape index (κ2) is 34.6. The molecule has 0 aromatic heterocycles. The summed E-state index contributed by atoms with van der Waals surface area (Å²) in [6.07, 6.45) is 48.3. The highest BCUT2D eigenvalue weighted by Crippen LogP contribution is 2.33. The van der Waals surface area contributed by atoms with Crippen LogP contribution in [0.2, 0.25) is 0 Å². The predicted octanol–water partition coefficient (Wildman–Crippen LogP) is 17.0. The van der Waals surface area contributed by atoms with Gasteiger partial charge in [-0.1, -0.05) is 229 Å². The van der Waals surface area contributed by atoms with Crippen molar-refractivity contribution in [3.63, 3.8) is 0 Å². The van der Waals surface area contributed by atoms with E-state index in [1.54, 1.807) is 0 Å². The van der Waals surface area contributed by atoms with Gasteiger partial charge in [0.1, 0.15) is 0 Å². The standard InChI is InChI=1S/C52H82N2/c1-4-7-10-11-12-13-14-15-16-17-18-19-20-21-22-23-24-25-26-27-28-29-30-31-32-33-38-48-39-34-35-40-51(48)52(49(37-9-6-3)45-46-54-53)50-43-41-47(42-44-50)36-8-5-2/h31-32,34-35,39-45H,4-30,33,36-38H2,1-3H3. The van der Waals surface area contributed by atoms with E-state index in [-0.39, 0.29) is 0 Å². The lowest BCUT2D eigenvalue weighted by atomic mass is 9.86. The monoisotopic (exact) mass is 735 g/mol. The molecule has 300 valence electrons. The molecule has 2 heteroatoms. The van der Waals surface area contributed by atoms with Crippen LogP contribution in [0, 0.1) is 0 Å². The molecule has 0 amide bonds. The number of rotatable bonds is 35. The van der Waals surface area contributed by atoms with Gasteiger partial charge in [-0.25, -0.2) is 0 Å². The molecule has 2 aromatic carbocycles. The summed E-state index contributed by atoms with van der Waals surface area (Å²) in [6.45, 7) is 6.78. The van der Waals surface area contributed by atoms with Crippen molar-refractivity contribution >= 4 is 11.4 Å². The molecule has 0 saturated carbocycles. The molecular weight excluding hydrogens is 653 g/mol. The zero-order valence-electron chi connectivity index (χ0n) is 35.7. The summed E-state index contributed by atoms with van der Waals surface area (Å²) in [7, 11) is 0. The third-order valence-electron chi connectivity index (χ3n) is 11.2. The van der Waals surface area contributed by atoms with Gasteiger partial charge in [0.2, 0.25) is 0 Å². The third kappa shape index (κ3) is 23.1. The first-order valence-electron chi connectivity index (χ1n) is 23.2. The van der Waals surface area contributed by atoms with E-state index < -0.39 is 0 Å². The van der Waals surface area contributed by atoms with Crippen molar-refractivity contribution in [1.29, 1.82) is 0 Å². The first-order chi connectivity index (χ1) is 26.7. The number of aryl methyl sites for hydroxylation is 2. The van der Waals surface area contributed by atoms with Crippen LogP contribution in [-0.2, 0) is 12.8 Å². The average molecular weight is 735 g/mol. The van der Waals surface area contributed by atoms with Gasteiger partial charge in [-0.3, -0.25) is 0 Å². The maximum absolute atomic E-state index is 9.25. The van der Waals surface area contributed by atoms with Gasteiger partial charge in [0, 0.05) is 0 Å². The van der Waals surface area contributed by atoms with E-state index in [9.17, 15) is 5.53 Å². The van der Waals surface area contributed by atoms with Gasteiger partial charge in [-0.15, -0.1) is 4.79 Å². The highest BCUT2D eigenvalue weighted by Gasteiger charge is 2.15. The lowest BCUT2D eigenvalue weighted by Crippen LogP contribution is -2.00. The Bertz CT molecular complexity index is 1320. The highest BCUT2D eigenvalue weighted by atomic mass is 14.8. The van der Waals surface area contributed by atoms with Gasteiger partial charge in [-0.2, -0.15) is 0 Å². The lowest BCUT2D eigenvalue weighted by molar-refractivity contribution is 0.00800. The SMILES string of the molecule is CCCCCCCCCCCCCCCCCCCCCCCCC=CCCc1ccccc1C(=C(C=C=[N+]=[N-])CCCC)c1ccc(CCCC)cc1. The molecule has 2 aromatic rings. The second-order valence-electron chi connectivity index (χ2n) is 16.1. The largest absolute Gasteiger partial charge is 0.348 e. The van der Waals surface area contributed by atoms with E-state index in [2.05, 4.69) is 92.1 Å². The molecule has 0 N–H and O–H groups in total. The Morgan fingerprint density at radius 2 is 1.00 bits per heavy atom. The van der Waals surface area contributed by atoms with E-state index in [1.165, 1.54) is 194 Å². The fraction of sp³-hybridized carbons (Fsp3) is 0.654. The average Bonchev–Trinajstić information content (AvgIpc) is 3.20.